The molecule has 0 fully saturated rings. The largest absolute Gasteiger partial charge is 0.338 e. The lowest BCUT2D eigenvalue weighted by atomic mass is 9.87. The highest BCUT2D eigenvalue weighted by atomic mass is 16.5. The second-order valence-electron chi connectivity index (χ2n) is 5.13. The highest BCUT2D eigenvalue weighted by Gasteiger charge is 2.27. The van der Waals surface area contributed by atoms with Crippen LogP contribution in [0.3, 0.4) is 0 Å². The topological polar surface area (TPSA) is 68.2 Å². The first-order chi connectivity index (χ1) is 6.80. The molecule has 5 nitrogen and oxygen atoms in total. The van der Waals surface area contributed by atoms with E-state index >= 15 is 0 Å². The summed E-state index contributed by atoms with van der Waals surface area (Å²) in [5, 5.41) is 3.88. The van der Waals surface area contributed by atoms with Gasteiger partial charge in [0.2, 0.25) is 5.89 Å². The molecule has 0 saturated heterocycles. The van der Waals surface area contributed by atoms with E-state index in [0.717, 1.165) is 0 Å². The van der Waals surface area contributed by atoms with Crippen molar-refractivity contribution in [2.24, 2.45) is 11.1 Å². The maximum absolute atomic E-state index is 6.01. The van der Waals surface area contributed by atoms with E-state index in [4.69, 9.17) is 10.3 Å². The highest BCUT2D eigenvalue weighted by molar-refractivity contribution is 4.96. The molecule has 1 atom stereocenters. The first-order valence-corrected chi connectivity index (χ1v) is 5.03. The standard InChI is InChI=1S/C10H20N4O/c1-10(2,3)8(11)9-12-7(13-15-9)6-14(4)5/h8H,6,11H2,1-5H3/t8-/m0/s1. The molecule has 1 aromatic heterocycles. The van der Waals surface area contributed by atoms with Gasteiger partial charge < -0.3 is 15.2 Å². The van der Waals surface area contributed by atoms with Gasteiger partial charge in [-0.2, -0.15) is 4.98 Å². The van der Waals surface area contributed by atoms with Crippen molar-refractivity contribution in [3.05, 3.63) is 11.7 Å². The molecule has 1 rings (SSSR count). The first kappa shape index (κ1) is 12.1. The summed E-state index contributed by atoms with van der Waals surface area (Å²) in [7, 11) is 3.92. The Morgan fingerprint density at radius 2 is 2.00 bits per heavy atom. The van der Waals surface area contributed by atoms with Crippen molar-refractivity contribution >= 4 is 0 Å². The Morgan fingerprint density at radius 3 is 2.47 bits per heavy atom. The zero-order valence-electron chi connectivity index (χ0n) is 10.1. The van der Waals surface area contributed by atoms with Gasteiger partial charge in [0.15, 0.2) is 5.82 Å². The molecule has 86 valence electrons. The minimum atomic E-state index is -0.221. The van der Waals surface area contributed by atoms with Gasteiger partial charge in [0.05, 0.1) is 12.6 Å². The fourth-order valence-corrected chi connectivity index (χ4v) is 1.11. The molecule has 15 heavy (non-hydrogen) atoms. The van der Waals surface area contributed by atoms with Crippen LogP contribution in [-0.2, 0) is 6.54 Å². The van der Waals surface area contributed by atoms with Crippen molar-refractivity contribution < 1.29 is 4.52 Å². The van der Waals surface area contributed by atoms with Crippen LogP contribution in [0.15, 0.2) is 4.52 Å². The first-order valence-electron chi connectivity index (χ1n) is 5.03. The molecule has 0 bridgehead atoms. The molecule has 0 radical (unpaired) electrons. The lowest BCUT2D eigenvalue weighted by Crippen LogP contribution is -2.26. The molecular formula is C10H20N4O. The third-order valence-corrected chi connectivity index (χ3v) is 2.14. The third-order valence-electron chi connectivity index (χ3n) is 2.14. The van der Waals surface area contributed by atoms with Crippen molar-refractivity contribution in [1.29, 1.82) is 0 Å². The zero-order valence-corrected chi connectivity index (χ0v) is 10.1. The molecule has 1 aromatic rings. The van der Waals surface area contributed by atoms with Gasteiger partial charge in [-0.3, -0.25) is 0 Å². The number of hydrogen-bond donors (Lipinski definition) is 1. The van der Waals surface area contributed by atoms with Crippen LogP contribution in [-0.4, -0.2) is 29.1 Å². The van der Waals surface area contributed by atoms with E-state index in [1.54, 1.807) is 0 Å². The Morgan fingerprint density at radius 1 is 1.40 bits per heavy atom. The van der Waals surface area contributed by atoms with Crippen molar-refractivity contribution in [3.8, 4) is 0 Å². The van der Waals surface area contributed by atoms with Gasteiger partial charge in [0.25, 0.3) is 0 Å². The normalized spacial score (nSPS) is 14.6. The van der Waals surface area contributed by atoms with E-state index in [2.05, 4.69) is 10.1 Å². The molecule has 0 saturated carbocycles. The average Bonchev–Trinajstić information content (AvgIpc) is 2.48. The fraction of sp³-hybridized carbons (Fsp3) is 0.800. The van der Waals surface area contributed by atoms with E-state index in [1.807, 2.05) is 39.8 Å². The highest BCUT2D eigenvalue weighted by Crippen LogP contribution is 2.29. The summed E-state index contributed by atoms with van der Waals surface area (Å²) < 4.78 is 5.14. The average molecular weight is 212 g/mol. The van der Waals surface area contributed by atoms with E-state index in [0.29, 0.717) is 18.3 Å². The van der Waals surface area contributed by atoms with E-state index in [9.17, 15) is 0 Å². The van der Waals surface area contributed by atoms with Gasteiger partial charge in [-0.05, 0) is 19.5 Å². The third kappa shape index (κ3) is 3.28. The summed E-state index contributed by atoms with van der Waals surface area (Å²) in [5.41, 5.74) is 5.94. The molecule has 2 N–H and O–H groups in total. The molecule has 0 aliphatic heterocycles. The van der Waals surface area contributed by atoms with Gasteiger partial charge >= 0.3 is 0 Å². The number of hydrogen-bond acceptors (Lipinski definition) is 5. The minimum Gasteiger partial charge on any atom is -0.338 e. The second-order valence-corrected chi connectivity index (χ2v) is 5.13. The summed E-state index contributed by atoms with van der Waals surface area (Å²) >= 11 is 0. The van der Waals surface area contributed by atoms with Crippen molar-refractivity contribution in [3.63, 3.8) is 0 Å². The van der Waals surface area contributed by atoms with Gasteiger partial charge in [-0.1, -0.05) is 25.9 Å². The number of nitrogens with two attached hydrogens (primary N) is 1. The van der Waals surface area contributed by atoms with Crippen LogP contribution in [0.25, 0.3) is 0 Å². The van der Waals surface area contributed by atoms with Gasteiger partial charge in [-0.25, -0.2) is 0 Å². The lowest BCUT2D eigenvalue weighted by molar-refractivity contribution is 0.251. The second kappa shape index (κ2) is 4.28. The SMILES string of the molecule is CN(C)Cc1noc([C@H](N)C(C)(C)C)n1. The van der Waals surface area contributed by atoms with Crippen LogP contribution in [0.5, 0.6) is 0 Å². The molecule has 0 aliphatic rings. The van der Waals surface area contributed by atoms with E-state index < -0.39 is 0 Å². The summed E-state index contributed by atoms with van der Waals surface area (Å²) in [6, 6.07) is -0.221. The molecule has 0 spiro atoms. The minimum absolute atomic E-state index is 0.0675. The zero-order chi connectivity index (χ0) is 11.6. The van der Waals surface area contributed by atoms with Gasteiger partial charge in [0.1, 0.15) is 0 Å². The summed E-state index contributed by atoms with van der Waals surface area (Å²) in [6.45, 7) is 6.81. The molecule has 1 heterocycles. The van der Waals surface area contributed by atoms with Crippen LogP contribution in [0.4, 0.5) is 0 Å². The van der Waals surface area contributed by atoms with Crippen LogP contribution >= 0.6 is 0 Å². The molecule has 0 aromatic carbocycles. The van der Waals surface area contributed by atoms with Crippen molar-refractivity contribution in [2.75, 3.05) is 14.1 Å². The van der Waals surface area contributed by atoms with Crippen LogP contribution in [0.2, 0.25) is 0 Å². The van der Waals surface area contributed by atoms with Crippen LogP contribution in [0.1, 0.15) is 38.5 Å². The molecule has 0 aliphatic carbocycles. The molecule has 0 amide bonds. The number of nitrogens with zero attached hydrogens (tertiary/aromatic N) is 3. The lowest BCUT2D eigenvalue weighted by Gasteiger charge is -2.23. The Kier molecular flexibility index (Phi) is 3.46. The Hall–Kier alpha value is -0.940. The predicted octanol–water partition coefficient (Wildman–Crippen LogP) is 1.18. The Labute approximate surface area is 90.6 Å². The summed E-state index contributed by atoms with van der Waals surface area (Å²) in [6.07, 6.45) is 0. The predicted molar refractivity (Wildman–Crippen MR) is 58.1 cm³/mol. The summed E-state index contributed by atoms with van der Waals surface area (Å²) in [5.74, 6) is 1.19. The Balaban J connectivity index is 2.76. The number of rotatable bonds is 3. The van der Waals surface area contributed by atoms with E-state index in [-0.39, 0.29) is 11.5 Å². The maximum Gasteiger partial charge on any atom is 0.244 e. The van der Waals surface area contributed by atoms with Crippen LogP contribution < -0.4 is 5.73 Å². The van der Waals surface area contributed by atoms with Gasteiger partial charge in [-0.15, -0.1) is 0 Å². The quantitative estimate of drug-likeness (QED) is 0.814. The van der Waals surface area contributed by atoms with Crippen LogP contribution in [0, 0.1) is 5.41 Å². The smallest absolute Gasteiger partial charge is 0.244 e. The molecule has 5 heteroatoms. The van der Waals surface area contributed by atoms with Gasteiger partial charge in [0, 0.05) is 0 Å². The Bertz CT molecular complexity index is 313. The number of aromatic nitrogens is 2. The van der Waals surface area contributed by atoms with E-state index in [1.165, 1.54) is 0 Å². The molecular weight excluding hydrogens is 192 g/mol. The molecule has 0 unspecified atom stereocenters. The maximum atomic E-state index is 6.01. The van der Waals surface area contributed by atoms with Crippen molar-refractivity contribution in [1.82, 2.24) is 15.0 Å². The monoisotopic (exact) mass is 212 g/mol. The fourth-order valence-electron chi connectivity index (χ4n) is 1.11. The summed E-state index contributed by atoms with van der Waals surface area (Å²) in [4.78, 5) is 6.26. The van der Waals surface area contributed by atoms with Crippen molar-refractivity contribution in [2.45, 2.75) is 33.4 Å².